The van der Waals surface area contributed by atoms with Crippen LogP contribution in [0.1, 0.15) is 24.9 Å². The van der Waals surface area contributed by atoms with Crippen LogP contribution in [0.4, 0.5) is 19.3 Å². The molecule has 2 N–H and O–H groups in total. The summed E-state index contributed by atoms with van der Waals surface area (Å²) in [6.07, 6.45) is 3.65. The van der Waals surface area contributed by atoms with E-state index in [0.29, 0.717) is 35.4 Å². The largest absolute Gasteiger partial charge is 0.465 e. The third kappa shape index (κ3) is 3.38. The van der Waals surface area contributed by atoms with E-state index >= 15 is 0 Å². The molecule has 0 radical (unpaired) electrons. The zero-order valence-corrected chi connectivity index (χ0v) is 17.4. The van der Waals surface area contributed by atoms with Crippen LogP contribution in [0.2, 0.25) is 0 Å². The Morgan fingerprint density at radius 1 is 1.25 bits per heavy atom. The van der Waals surface area contributed by atoms with E-state index in [-0.39, 0.29) is 17.8 Å². The standard InChI is InChI=1S/C23H22F2N4O3/c1-13-5-6-17-19(29(13)23(30)31)8-7-16(14-9-27-28(12-14)15-10-26-11-15)22(17)32-20-4-2-3-18(24)21(20)25/h2-4,7-9,12-13,15,26H,5-6,10-11H2,1H3,(H,30,31)/t13-/m0/s1. The van der Waals surface area contributed by atoms with Crippen LogP contribution < -0.4 is 15.0 Å². The Labute approximate surface area is 183 Å². The lowest BCUT2D eigenvalue weighted by Crippen LogP contribution is -2.43. The van der Waals surface area contributed by atoms with E-state index in [1.807, 2.05) is 17.8 Å². The molecule has 1 atom stereocenters. The molecule has 0 bridgehead atoms. The monoisotopic (exact) mass is 440 g/mol. The Hall–Kier alpha value is -3.46. The number of ether oxygens (including phenoxy) is 1. The van der Waals surface area contributed by atoms with Gasteiger partial charge in [0.1, 0.15) is 5.75 Å². The lowest BCUT2D eigenvalue weighted by atomic mass is 9.92. The second kappa shape index (κ2) is 7.90. The van der Waals surface area contributed by atoms with Gasteiger partial charge in [-0.3, -0.25) is 9.58 Å². The minimum Gasteiger partial charge on any atom is -0.465 e. The zero-order valence-electron chi connectivity index (χ0n) is 17.4. The molecule has 166 valence electrons. The molecule has 3 aromatic rings. The van der Waals surface area contributed by atoms with Crippen LogP contribution in [0.3, 0.4) is 0 Å². The fourth-order valence-electron chi connectivity index (χ4n) is 4.25. The van der Waals surface area contributed by atoms with E-state index in [1.165, 1.54) is 17.0 Å². The molecule has 3 heterocycles. The number of benzene rings is 2. The van der Waals surface area contributed by atoms with Gasteiger partial charge in [0.25, 0.3) is 0 Å². The minimum absolute atomic E-state index is 0.210. The van der Waals surface area contributed by atoms with Crippen molar-refractivity contribution >= 4 is 11.8 Å². The first-order chi connectivity index (χ1) is 15.4. The SMILES string of the molecule is C[C@H]1CCc2c(ccc(-c3cnn(C4CNC4)c3)c2Oc2cccc(F)c2F)N1C(=O)O. The highest BCUT2D eigenvalue weighted by atomic mass is 19.2. The first-order valence-electron chi connectivity index (χ1n) is 10.5. The summed E-state index contributed by atoms with van der Waals surface area (Å²) in [5.74, 6) is -2.04. The lowest BCUT2D eigenvalue weighted by molar-refractivity contribution is 0.198. The number of rotatable bonds is 4. The van der Waals surface area contributed by atoms with Gasteiger partial charge < -0.3 is 15.2 Å². The van der Waals surface area contributed by atoms with Crippen molar-refractivity contribution in [3.05, 3.63) is 59.9 Å². The Morgan fingerprint density at radius 3 is 2.78 bits per heavy atom. The second-order valence-corrected chi connectivity index (χ2v) is 8.16. The number of hydrogen-bond donors (Lipinski definition) is 2. The molecule has 1 amide bonds. The summed E-state index contributed by atoms with van der Waals surface area (Å²) in [4.78, 5) is 13.2. The van der Waals surface area contributed by atoms with Gasteiger partial charge in [-0.15, -0.1) is 0 Å². The number of halogens is 2. The lowest BCUT2D eigenvalue weighted by Gasteiger charge is -2.34. The Balaban J connectivity index is 1.65. The highest BCUT2D eigenvalue weighted by Crippen LogP contribution is 2.45. The van der Waals surface area contributed by atoms with Crippen molar-refractivity contribution in [3.63, 3.8) is 0 Å². The molecule has 7 nitrogen and oxygen atoms in total. The second-order valence-electron chi connectivity index (χ2n) is 8.16. The van der Waals surface area contributed by atoms with E-state index in [2.05, 4.69) is 10.4 Å². The minimum atomic E-state index is -1.09. The first-order valence-corrected chi connectivity index (χ1v) is 10.5. The molecule has 32 heavy (non-hydrogen) atoms. The Morgan fingerprint density at radius 2 is 2.06 bits per heavy atom. The Kier molecular flexibility index (Phi) is 5.05. The quantitative estimate of drug-likeness (QED) is 0.621. The molecule has 2 aliphatic rings. The number of fused-ring (bicyclic) bond motifs is 1. The van der Waals surface area contributed by atoms with Gasteiger partial charge in [-0.1, -0.05) is 6.07 Å². The molecular weight excluding hydrogens is 418 g/mol. The highest BCUT2D eigenvalue weighted by Gasteiger charge is 2.32. The van der Waals surface area contributed by atoms with Crippen LogP contribution in [0.5, 0.6) is 11.5 Å². The van der Waals surface area contributed by atoms with Crippen molar-refractivity contribution in [1.29, 1.82) is 0 Å². The average Bonchev–Trinajstić information content (AvgIpc) is 3.18. The molecule has 2 aliphatic heterocycles. The molecule has 9 heteroatoms. The summed E-state index contributed by atoms with van der Waals surface area (Å²) in [6.45, 7) is 3.50. The first kappa shape index (κ1) is 20.4. The molecule has 1 saturated heterocycles. The van der Waals surface area contributed by atoms with Gasteiger partial charge in [-0.25, -0.2) is 9.18 Å². The maximum absolute atomic E-state index is 14.5. The molecular formula is C23H22F2N4O3. The number of nitrogens with one attached hydrogen (secondary N) is 1. The Bertz CT molecular complexity index is 1190. The van der Waals surface area contributed by atoms with E-state index < -0.39 is 17.7 Å². The predicted molar refractivity (Wildman–Crippen MR) is 114 cm³/mol. The maximum Gasteiger partial charge on any atom is 0.412 e. The zero-order chi connectivity index (χ0) is 22.4. The molecule has 1 fully saturated rings. The van der Waals surface area contributed by atoms with Crippen LogP contribution in [0.15, 0.2) is 42.7 Å². The number of amides is 1. The maximum atomic E-state index is 14.5. The van der Waals surface area contributed by atoms with Gasteiger partial charge in [0.2, 0.25) is 5.82 Å². The van der Waals surface area contributed by atoms with Crippen molar-refractivity contribution < 1.29 is 23.4 Å². The van der Waals surface area contributed by atoms with Gasteiger partial charge in [0, 0.05) is 42.0 Å². The summed E-state index contributed by atoms with van der Waals surface area (Å²) in [5, 5.41) is 17.4. The predicted octanol–water partition coefficient (Wildman–Crippen LogP) is 4.58. The van der Waals surface area contributed by atoms with Gasteiger partial charge in [-0.2, -0.15) is 9.49 Å². The number of carbonyl (C=O) groups is 1. The van der Waals surface area contributed by atoms with Gasteiger partial charge in [-0.05, 0) is 44.0 Å². The summed E-state index contributed by atoms with van der Waals surface area (Å²) in [7, 11) is 0. The average molecular weight is 440 g/mol. The highest BCUT2D eigenvalue weighted by molar-refractivity contribution is 5.91. The number of nitrogens with zero attached hydrogens (tertiary/aromatic N) is 3. The number of carboxylic acid groups (broad SMARTS) is 1. The normalized spacial score (nSPS) is 18.2. The third-order valence-electron chi connectivity index (χ3n) is 6.13. The topological polar surface area (TPSA) is 79.6 Å². The fraction of sp³-hybridized carbons (Fsp3) is 0.304. The smallest absolute Gasteiger partial charge is 0.412 e. The van der Waals surface area contributed by atoms with Crippen LogP contribution >= 0.6 is 0 Å². The van der Waals surface area contributed by atoms with Crippen molar-refractivity contribution in [3.8, 4) is 22.6 Å². The molecule has 0 saturated carbocycles. The van der Waals surface area contributed by atoms with Gasteiger partial charge in [0.15, 0.2) is 11.6 Å². The molecule has 2 aromatic carbocycles. The van der Waals surface area contributed by atoms with E-state index in [4.69, 9.17) is 4.74 Å². The summed E-state index contributed by atoms with van der Waals surface area (Å²) < 4.78 is 36.1. The summed E-state index contributed by atoms with van der Waals surface area (Å²) in [6, 6.07) is 7.29. The van der Waals surface area contributed by atoms with E-state index in [0.717, 1.165) is 24.7 Å². The summed E-state index contributed by atoms with van der Waals surface area (Å²) >= 11 is 0. The van der Waals surface area contributed by atoms with E-state index in [1.54, 1.807) is 18.3 Å². The van der Waals surface area contributed by atoms with Crippen molar-refractivity contribution in [2.24, 2.45) is 0 Å². The molecule has 0 aliphatic carbocycles. The van der Waals surface area contributed by atoms with E-state index in [9.17, 15) is 18.7 Å². The fourth-order valence-corrected chi connectivity index (χ4v) is 4.25. The van der Waals surface area contributed by atoms with Crippen LogP contribution in [-0.2, 0) is 6.42 Å². The van der Waals surface area contributed by atoms with Crippen LogP contribution in [0.25, 0.3) is 11.1 Å². The number of aromatic nitrogens is 2. The van der Waals surface area contributed by atoms with Gasteiger partial charge in [0.05, 0.1) is 17.9 Å². The third-order valence-corrected chi connectivity index (χ3v) is 6.13. The summed E-state index contributed by atoms with van der Waals surface area (Å²) in [5.41, 5.74) is 2.53. The van der Waals surface area contributed by atoms with Crippen LogP contribution in [-0.4, -0.2) is 40.1 Å². The molecule has 0 unspecified atom stereocenters. The molecule has 5 rings (SSSR count). The van der Waals surface area contributed by atoms with Crippen LogP contribution in [0, 0.1) is 11.6 Å². The molecule has 1 aromatic heterocycles. The number of anilines is 1. The van der Waals surface area contributed by atoms with Gasteiger partial charge >= 0.3 is 6.09 Å². The van der Waals surface area contributed by atoms with Crippen molar-refractivity contribution in [2.45, 2.75) is 31.8 Å². The van der Waals surface area contributed by atoms with Crippen molar-refractivity contribution in [1.82, 2.24) is 15.1 Å². The number of hydrogen-bond acceptors (Lipinski definition) is 4. The van der Waals surface area contributed by atoms with Crippen molar-refractivity contribution in [2.75, 3.05) is 18.0 Å². The molecule has 0 spiro atoms.